The van der Waals surface area contributed by atoms with Crippen LogP contribution in [0.3, 0.4) is 0 Å². The summed E-state index contributed by atoms with van der Waals surface area (Å²) in [7, 11) is 1.74. The minimum atomic E-state index is -0.521. The van der Waals surface area contributed by atoms with E-state index in [1.165, 1.54) is 4.90 Å². The average Bonchev–Trinajstić information content (AvgIpc) is 2.55. The largest absolute Gasteiger partial charge is 0.323 e. The molecular formula is C13H15ClN2O2. The quantitative estimate of drug-likeness (QED) is 0.788. The summed E-state index contributed by atoms with van der Waals surface area (Å²) in [6.07, 6.45) is 0. The maximum Gasteiger partial charge on any atom is 0.321 e. The number of benzene rings is 1. The molecule has 2 amide bonds. The van der Waals surface area contributed by atoms with E-state index in [1.54, 1.807) is 11.9 Å². The summed E-state index contributed by atoms with van der Waals surface area (Å²) in [4.78, 5) is 26.3. The van der Waals surface area contributed by atoms with Gasteiger partial charge in [0.05, 0.1) is 18.6 Å². The highest BCUT2D eigenvalue weighted by Crippen LogP contribution is 2.34. The normalized spacial score (nSPS) is 23.6. The van der Waals surface area contributed by atoms with E-state index in [9.17, 15) is 9.59 Å². The lowest BCUT2D eigenvalue weighted by atomic mass is 10.0. The number of urea groups is 1. The van der Waals surface area contributed by atoms with Crippen LogP contribution in [0, 0.1) is 0 Å². The predicted molar refractivity (Wildman–Crippen MR) is 69.4 cm³/mol. The van der Waals surface area contributed by atoms with Crippen LogP contribution in [0.4, 0.5) is 4.79 Å². The zero-order valence-electron chi connectivity index (χ0n) is 10.3. The first-order valence-corrected chi connectivity index (χ1v) is 6.17. The molecule has 5 heteroatoms. The first kappa shape index (κ1) is 12.9. The highest BCUT2D eigenvalue weighted by Gasteiger charge is 2.42. The van der Waals surface area contributed by atoms with Gasteiger partial charge in [-0.05, 0) is 24.1 Å². The highest BCUT2D eigenvalue weighted by atomic mass is 35.5. The third-order valence-electron chi connectivity index (χ3n) is 3.39. The number of rotatable bonds is 3. The fourth-order valence-electron chi connectivity index (χ4n) is 2.38. The molecule has 0 N–H and O–H groups in total. The zero-order chi connectivity index (χ0) is 13.3. The molecule has 0 saturated carbocycles. The number of amides is 2. The Hall–Kier alpha value is -1.55. The fourth-order valence-corrected chi connectivity index (χ4v) is 2.51. The van der Waals surface area contributed by atoms with Crippen molar-refractivity contribution in [3.63, 3.8) is 0 Å². The van der Waals surface area contributed by atoms with Crippen LogP contribution in [-0.2, 0) is 4.79 Å². The van der Waals surface area contributed by atoms with E-state index in [1.807, 2.05) is 37.3 Å². The second-order valence-corrected chi connectivity index (χ2v) is 4.89. The molecule has 1 aromatic carbocycles. The molecule has 1 aliphatic heterocycles. The van der Waals surface area contributed by atoms with Crippen LogP contribution < -0.4 is 0 Å². The van der Waals surface area contributed by atoms with Crippen molar-refractivity contribution < 1.29 is 9.59 Å². The molecule has 0 bridgehead atoms. The van der Waals surface area contributed by atoms with Gasteiger partial charge in [-0.15, -0.1) is 0 Å². The molecule has 2 rings (SSSR count). The molecule has 96 valence electrons. The summed E-state index contributed by atoms with van der Waals surface area (Å²) >= 11 is 5.42. The molecule has 1 aliphatic rings. The van der Waals surface area contributed by atoms with Crippen LogP contribution in [0.25, 0.3) is 0 Å². The number of likely N-dealkylation sites (N-methyl/N-ethyl adjacent to an activating group) is 1. The Morgan fingerprint density at radius 1 is 1.33 bits per heavy atom. The van der Waals surface area contributed by atoms with Gasteiger partial charge in [-0.25, -0.2) is 4.79 Å². The van der Waals surface area contributed by atoms with Crippen LogP contribution in [0.5, 0.6) is 0 Å². The van der Waals surface area contributed by atoms with E-state index in [2.05, 4.69) is 0 Å². The van der Waals surface area contributed by atoms with Gasteiger partial charge in [0.2, 0.25) is 5.24 Å². The van der Waals surface area contributed by atoms with Crippen molar-refractivity contribution in [2.75, 3.05) is 13.6 Å². The molecule has 0 radical (unpaired) electrons. The molecule has 4 nitrogen and oxygen atoms in total. The average molecular weight is 267 g/mol. The van der Waals surface area contributed by atoms with E-state index in [0.29, 0.717) is 0 Å². The van der Waals surface area contributed by atoms with Gasteiger partial charge < -0.3 is 9.80 Å². The van der Waals surface area contributed by atoms with Crippen LogP contribution >= 0.6 is 11.6 Å². The molecule has 1 aromatic rings. The lowest BCUT2D eigenvalue weighted by molar-refractivity contribution is -0.112. The van der Waals surface area contributed by atoms with Gasteiger partial charge in [0.15, 0.2) is 0 Å². The van der Waals surface area contributed by atoms with E-state index in [4.69, 9.17) is 11.6 Å². The Morgan fingerprint density at radius 2 is 1.94 bits per heavy atom. The lowest BCUT2D eigenvalue weighted by Crippen LogP contribution is -2.33. The Balaban J connectivity index is 2.35. The van der Waals surface area contributed by atoms with Gasteiger partial charge in [-0.1, -0.05) is 30.3 Å². The van der Waals surface area contributed by atoms with Crippen LogP contribution in [-0.4, -0.2) is 40.7 Å². The Labute approximate surface area is 111 Å². The van der Waals surface area contributed by atoms with Crippen molar-refractivity contribution in [1.29, 1.82) is 0 Å². The minimum absolute atomic E-state index is 0.0101. The van der Waals surface area contributed by atoms with Crippen LogP contribution in [0.15, 0.2) is 30.3 Å². The second kappa shape index (κ2) is 4.98. The van der Waals surface area contributed by atoms with E-state index < -0.39 is 5.24 Å². The lowest BCUT2D eigenvalue weighted by Gasteiger charge is -2.24. The van der Waals surface area contributed by atoms with Gasteiger partial charge in [0.25, 0.3) is 0 Å². The summed E-state index contributed by atoms with van der Waals surface area (Å²) in [6.45, 7) is 1.91. The summed E-state index contributed by atoms with van der Waals surface area (Å²) in [5.74, 6) is 0. The van der Waals surface area contributed by atoms with Gasteiger partial charge in [0, 0.05) is 7.05 Å². The first-order valence-electron chi connectivity index (χ1n) is 5.79. The molecule has 0 aliphatic carbocycles. The summed E-state index contributed by atoms with van der Waals surface area (Å²) in [5.41, 5.74) is 1.01. The van der Waals surface area contributed by atoms with Crippen molar-refractivity contribution in [2.45, 2.75) is 19.0 Å². The topological polar surface area (TPSA) is 40.6 Å². The molecule has 0 aromatic heterocycles. The molecular weight excluding hydrogens is 252 g/mol. The number of halogens is 1. The van der Waals surface area contributed by atoms with Gasteiger partial charge in [-0.2, -0.15) is 0 Å². The van der Waals surface area contributed by atoms with Crippen molar-refractivity contribution in [3.05, 3.63) is 35.9 Å². The monoisotopic (exact) mass is 266 g/mol. The summed E-state index contributed by atoms with van der Waals surface area (Å²) < 4.78 is 0. The number of carbonyl (C=O) groups excluding carboxylic acids is 2. The maximum absolute atomic E-state index is 12.1. The fraction of sp³-hybridized carbons (Fsp3) is 0.385. The Bertz CT molecular complexity index is 463. The molecule has 0 spiro atoms. The smallest absolute Gasteiger partial charge is 0.321 e. The van der Waals surface area contributed by atoms with Crippen molar-refractivity contribution in [3.8, 4) is 0 Å². The molecule has 18 heavy (non-hydrogen) atoms. The number of nitrogens with zero attached hydrogens (tertiary/aromatic N) is 2. The van der Waals surface area contributed by atoms with Gasteiger partial charge >= 0.3 is 6.03 Å². The van der Waals surface area contributed by atoms with E-state index in [-0.39, 0.29) is 24.7 Å². The third kappa shape index (κ3) is 2.20. The number of hydrogen-bond acceptors (Lipinski definition) is 2. The van der Waals surface area contributed by atoms with Crippen molar-refractivity contribution in [1.82, 2.24) is 9.80 Å². The Morgan fingerprint density at radius 3 is 2.50 bits per heavy atom. The SMILES string of the molecule is C[C@H]1[C@@H](c2ccccc2)N(CC(=O)Cl)C(=O)N1C. The summed E-state index contributed by atoms with van der Waals surface area (Å²) in [5, 5.41) is -0.521. The molecule has 1 heterocycles. The van der Waals surface area contributed by atoms with E-state index >= 15 is 0 Å². The Kier molecular flexibility index (Phi) is 3.57. The third-order valence-corrected chi connectivity index (χ3v) is 3.51. The van der Waals surface area contributed by atoms with Gasteiger partial charge in [0.1, 0.15) is 0 Å². The molecule has 1 fully saturated rings. The van der Waals surface area contributed by atoms with Crippen molar-refractivity contribution in [2.24, 2.45) is 0 Å². The molecule has 2 atom stereocenters. The standard InChI is InChI=1S/C13H15ClN2O2/c1-9-12(10-6-4-3-5-7-10)16(8-11(14)17)13(18)15(9)2/h3-7,9,12H,8H2,1-2H3/t9-,12-/m0/s1. The molecule has 1 saturated heterocycles. The van der Waals surface area contributed by atoms with E-state index in [0.717, 1.165) is 5.56 Å². The van der Waals surface area contributed by atoms with Gasteiger partial charge in [-0.3, -0.25) is 4.79 Å². The van der Waals surface area contributed by atoms with Crippen molar-refractivity contribution >= 4 is 22.9 Å². The number of carbonyl (C=O) groups is 2. The maximum atomic E-state index is 12.1. The molecule has 0 unspecified atom stereocenters. The number of hydrogen-bond donors (Lipinski definition) is 0. The minimum Gasteiger partial charge on any atom is -0.323 e. The van der Waals surface area contributed by atoms with Crippen LogP contribution in [0.2, 0.25) is 0 Å². The zero-order valence-corrected chi connectivity index (χ0v) is 11.1. The van der Waals surface area contributed by atoms with Crippen LogP contribution in [0.1, 0.15) is 18.5 Å². The summed E-state index contributed by atoms with van der Waals surface area (Å²) in [6, 6.07) is 9.40. The predicted octanol–water partition coefficient (Wildman–Crippen LogP) is 2.25. The highest BCUT2D eigenvalue weighted by molar-refractivity contribution is 6.64. The second-order valence-electron chi connectivity index (χ2n) is 4.47. The first-order chi connectivity index (χ1) is 8.52.